The molecular formula is C3H7NO5S. The summed E-state index contributed by atoms with van der Waals surface area (Å²) in [5.41, 5.74) is 0. The summed E-state index contributed by atoms with van der Waals surface area (Å²) in [5.74, 6) is 0. The van der Waals surface area contributed by atoms with Gasteiger partial charge in [-0.2, -0.15) is 8.42 Å². The fourth-order valence-corrected chi connectivity index (χ4v) is 0.614. The van der Waals surface area contributed by atoms with E-state index in [2.05, 4.69) is 0 Å². The van der Waals surface area contributed by atoms with Crippen molar-refractivity contribution in [1.82, 2.24) is 0 Å². The molecule has 0 heterocycles. The highest BCUT2D eigenvalue weighted by atomic mass is 32.2. The Morgan fingerprint density at radius 1 is 1.70 bits per heavy atom. The van der Waals surface area contributed by atoms with Crippen molar-refractivity contribution in [2.75, 3.05) is 6.54 Å². The molecule has 1 N–H and O–H groups in total. The molecule has 1 unspecified atom stereocenters. The second-order valence-corrected chi connectivity index (χ2v) is 3.68. The summed E-state index contributed by atoms with van der Waals surface area (Å²) in [5, 5.41) is 8.36. The Balaban J connectivity index is 4.12. The summed E-state index contributed by atoms with van der Waals surface area (Å²) in [4.78, 5) is 8.89. The first kappa shape index (κ1) is 9.31. The Labute approximate surface area is 57.8 Å². The van der Waals surface area contributed by atoms with E-state index < -0.39 is 26.8 Å². The highest BCUT2D eigenvalue weighted by Gasteiger charge is 2.22. The van der Waals surface area contributed by atoms with Crippen LogP contribution in [0.15, 0.2) is 0 Å². The standard InChI is InChI=1S/C3H7NO5S/c1-3(2-4(5)6)10(7,8)9/h3H,2H2,1H3,(H,7,8,9). The van der Waals surface area contributed by atoms with Crippen molar-refractivity contribution in [3.8, 4) is 0 Å². The van der Waals surface area contributed by atoms with Gasteiger partial charge < -0.3 is 0 Å². The molecule has 60 valence electrons. The van der Waals surface area contributed by atoms with Crippen LogP contribution in [-0.2, 0) is 10.1 Å². The van der Waals surface area contributed by atoms with Gasteiger partial charge in [0.15, 0.2) is 0 Å². The molecule has 0 aromatic rings. The topological polar surface area (TPSA) is 97.5 Å². The lowest BCUT2D eigenvalue weighted by Gasteiger charge is -1.99. The van der Waals surface area contributed by atoms with Gasteiger partial charge in [-0.05, 0) is 6.92 Å². The van der Waals surface area contributed by atoms with Crippen LogP contribution in [0.25, 0.3) is 0 Å². The van der Waals surface area contributed by atoms with Gasteiger partial charge in [-0.3, -0.25) is 14.7 Å². The van der Waals surface area contributed by atoms with Crippen LogP contribution in [0.2, 0.25) is 0 Å². The van der Waals surface area contributed by atoms with E-state index in [0.29, 0.717) is 0 Å². The van der Waals surface area contributed by atoms with E-state index in [4.69, 9.17) is 4.55 Å². The molecule has 0 fully saturated rings. The van der Waals surface area contributed by atoms with E-state index in [0.717, 1.165) is 6.92 Å². The van der Waals surface area contributed by atoms with Gasteiger partial charge in [0.2, 0.25) is 6.54 Å². The fourth-order valence-electron chi connectivity index (χ4n) is 0.304. The van der Waals surface area contributed by atoms with E-state index in [9.17, 15) is 18.5 Å². The first-order chi connectivity index (χ1) is 4.34. The first-order valence-corrected chi connectivity index (χ1v) is 3.92. The van der Waals surface area contributed by atoms with E-state index >= 15 is 0 Å². The Morgan fingerprint density at radius 3 is 2.20 bits per heavy atom. The van der Waals surface area contributed by atoms with Crippen molar-refractivity contribution < 1.29 is 17.9 Å². The minimum Gasteiger partial charge on any atom is -0.285 e. The quantitative estimate of drug-likeness (QED) is 0.350. The van der Waals surface area contributed by atoms with E-state index in [1.165, 1.54) is 0 Å². The molecule has 10 heavy (non-hydrogen) atoms. The molecule has 0 aliphatic heterocycles. The van der Waals surface area contributed by atoms with Gasteiger partial charge >= 0.3 is 0 Å². The zero-order valence-electron chi connectivity index (χ0n) is 5.22. The van der Waals surface area contributed by atoms with Crippen LogP contribution < -0.4 is 0 Å². The SMILES string of the molecule is CC(C[N+](=O)[O-])S(=O)(=O)O. The van der Waals surface area contributed by atoms with Crippen molar-refractivity contribution in [2.45, 2.75) is 12.2 Å². The predicted molar refractivity (Wildman–Crippen MR) is 32.9 cm³/mol. The molecule has 7 heteroatoms. The zero-order chi connectivity index (χ0) is 8.36. The smallest absolute Gasteiger partial charge is 0.274 e. The van der Waals surface area contributed by atoms with Gasteiger partial charge in [-0.15, -0.1) is 0 Å². The van der Waals surface area contributed by atoms with E-state index in [1.54, 1.807) is 0 Å². The average molecular weight is 169 g/mol. The van der Waals surface area contributed by atoms with Gasteiger partial charge in [-0.1, -0.05) is 0 Å². The Kier molecular flexibility index (Phi) is 2.73. The molecule has 0 saturated carbocycles. The molecule has 1 atom stereocenters. The first-order valence-electron chi connectivity index (χ1n) is 2.42. The maximum absolute atomic E-state index is 10.1. The zero-order valence-corrected chi connectivity index (χ0v) is 6.04. The molecule has 0 amide bonds. The summed E-state index contributed by atoms with van der Waals surface area (Å²) in [6, 6.07) is 0. The second-order valence-electron chi connectivity index (χ2n) is 1.84. The molecule has 0 aromatic carbocycles. The molecular weight excluding hydrogens is 162 g/mol. The molecule has 6 nitrogen and oxygen atoms in total. The molecule has 0 radical (unpaired) electrons. The summed E-state index contributed by atoms with van der Waals surface area (Å²) in [7, 11) is -4.24. The van der Waals surface area contributed by atoms with Gasteiger partial charge in [-0.25, -0.2) is 0 Å². The van der Waals surface area contributed by atoms with Crippen molar-refractivity contribution in [1.29, 1.82) is 0 Å². The summed E-state index contributed by atoms with van der Waals surface area (Å²) >= 11 is 0. The van der Waals surface area contributed by atoms with Gasteiger partial charge in [0.25, 0.3) is 10.1 Å². The van der Waals surface area contributed by atoms with Crippen LogP contribution in [0.5, 0.6) is 0 Å². The van der Waals surface area contributed by atoms with Crippen molar-refractivity contribution >= 4 is 10.1 Å². The minimum absolute atomic E-state index is 0.765. The lowest BCUT2D eigenvalue weighted by Crippen LogP contribution is -2.25. The Hall–Kier alpha value is -0.690. The van der Waals surface area contributed by atoms with E-state index in [1.807, 2.05) is 0 Å². The van der Waals surface area contributed by atoms with Crippen LogP contribution >= 0.6 is 0 Å². The normalized spacial score (nSPS) is 14.6. The predicted octanol–water partition coefficient (Wildman–Crippen LogP) is -0.461. The summed E-state index contributed by atoms with van der Waals surface area (Å²) in [6.45, 7) is 0.303. The highest BCUT2D eigenvalue weighted by molar-refractivity contribution is 7.86. The van der Waals surface area contributed by atoms with Crippen molar-refractivity contribution in [3.63, 3.8) is 0 Å². The number of nitro groups is 1. The number of hydrogen-bond acceptors (Lipinski definition) is 4. The van der Waals surface area contributed by atoms with Gasteiger partial charge in [0, 0.05) is 4.92 Å². The maximum atomic E-state index is 10.1. The maximum Gasteiger partial charge on any atom is 0.274 e. The number of rotatable bonds is 3. The largest absolute Gasteiger partial charge is 0.285 e. The second kappa shape index (κ2) is 2.93. The molecule has 0 spiro atoms. The molecule has 0 aromatic heterocycles. The van der Waals surface area contributed by atoms with Crippen LogP contribution in [0.3, 0.4) is 0 Å². The third-order valence-electron chi connectivity index (χ3n) is 0.915. The molecule has 0 aliphatic rings. The third-order valence-corrected chi connectivity index (χ3v) is 2.08. The third kappa shape index (κ3) is 3.36. The van der Waals surface area contributed by atoms with Crippen molar-refractivity contribution in [3.05, 3.63) is 10.1 Å². The van der Waals surface area contributed by atoms with Crippen molar-refractivity contribution in [2.24, 2.45) is 0 Å². The summed E-state index contributed by atoms with van der Waals surface area (Å²) < 4.78 is 28.4. The Bertz CT molecular complexity index is 219. The van der Waals surface area contributed by atoms with Gasteiger partial charge in [0.05, 0.1) is 0 Å². The monoisotopic (exact) mass is 169 g/mol. The molecule has 0 bridgehead atoms. The number of nitrogens with zero attached hydrogens (tertiary/aromatic N) is 1. The summed E-state index contributed by atoms with van der Waals surface area (Å²) in [6.07, 6.45) is 0. The van der Waals surface area contributed by atoms with Crippen LogP contribution in [0.1, 0.15) is 6.92 Å². The Morgan fingerprint density at radius 2 is 2.10 bits per heavy atom. The average Bonchev–Trinajstić information content (AvgIpc) is 1.60. The van der Waals surface area contributed by atoms with Crippen LogP contribution in [0, 0.1) is 10.1 Å². The van der Waals surface area contributed by atoms with Gasteiger partial charge in [0.1, 0.15) is 5.25 Å². The van der Waals surface area contributed by atoms with Crippen LogP contribution in [0.4, 0.5) is 0 Å². The van der Waals surface area contributed by atoms with Crippen LogP contribution in [-0.4, -0.2) is 29.7 Å². The lowest BCUT2D eigenvalue weighted by molar-refractivity contribution is -0.478. The van der Waals surface area contributed by atoms with E-state index in [-0.39, 0.29) is 0 Å². The molecule has 0 saturated heterocycles. The highest BCUT2D eigenvalue weighted by Crippen LogP contribution is 1.96. The number of hydrogen-bond donors (Lipinski definition) is 1. The fraction of sp³-hybridized carbons (Fsp3) is 1.00. The molecule has 0 aliphatic carbocycles. The molecule has 0 rings (SSSR count). The minimum atomic E-state index is -4.24. The lowest BCUT2D eigenvalue weighted by atomic mass is 10.5.